The van der Waals surface area contributed by atoms with Gasteiger partial charge in [0.15, 0.2) is 0 Å². The smallest absolute Gasteiger partial charge is 0.0853 e. The van der Waals surface area contributed by atoms with Gasteiger partial charge in [-0.25, -0.2) is 0 Å². The first-order valence-electron chi connectivity index (χ1n) is 14.4. The molecule has 1 nitrogen and oxygen atoms in total. The highest BCUT2D eigenvalue weighted by Crippen LogP contribution is 2.38. The van der Waals surface area contributed by atoms with Crippen molar-refractivity contribution < 1.29 is 0 Å². The Labute approximate surface area is 228 Å². The minimum atomic E-state index is -0.177. The lowest BCUT2D eigenvalue weighted by molar-refractivity contribution is 0.115. The van der Waals surface area contributed by atoms with Crippen molar-refractivity contribution >= 4 is 11.3 Å². The van der Waals surface area contributed by atoms with E-state index in [2.05, 4.69) is 101 Å². The van der Waals surface area contributed by atoms with Gasteiger partial charge in [0.1, 0.15) is 0 Å². The molecule has 0 N–H and O–H groups in total. The molecule has 36 heavy (non-hydrogen) atoms. The van der Waals surface area contributed by atoms with Crippen LogP contribution in [-0.4, -0.2) is 18.0 Å². The van der Waals surface area contributed by atoms with Crippen LogP contribution in [0.25, 0.3) is 0 Å². The summed E-state index contributed by atoms with van der Waals surface area (Å²) in [4.78, 5) is 3.80. The first-order chi connectivity index (χ1) is 17.4. The standard InChI is InChI=1S/C15H19NS.C10H14.C9H20/c1-4-13(2)15(3,14-9-8-12-17-14)16-10-6-5-7-11-16;1-3-5-10-7-4-6-9(2)8-10;1-4-7-9(6-3)8-5-2/h1,8-9,12H,2,5-7,10-11H2,3H3;4,6-8H,3,5H2,1-2H3;9H,4-8H2,1-3H3. The Bertz CT molecular complexity index is 863. The van der Waals surface area contributed by atoms with Crippen LogP contribution in [0.4, 0.5) is 0 Å². The summed E-state index contributed by atoms with van der Waals surface area (Å²) in [5, 5.41) is 2.11. The van der Waals surface area contributed by atoms with E-state index < -0.39 is 0 Å². The average molecular weight is 508 g/mol. The fourth-order valence-corrected chi connectivity index (χ4v) is 6.00. The highest BCUT2D eigenvalue weighted by Gasteiger charge is 2.37. The van der Waals surface area contributed by atoms with Crippen LogP contribution in [0.3, 0.4) is 0 Å². The van der Waals surface area contributed by atoms with Crippen molar-refractivity contribution in [2.24, 2.45) is 5.92 Å². The van der Waals surface area contributed by atoms with Crippen molar-refractivity contribution in [2.45, 2.75) is 111 Å². The molecule has 1 aromatic heterocycles. The van der Waals surface area contributed by atoms with Crippen LogP contribution in [0.15, 0.2) is 53.9 Å². The predicted molar refractivity (Wildman–Crippen MR) is 164 cm³/mol. The van der Waals surface area contributed by atoms with Crippen molar-refractivity contribution in [1.29, 1.82) is 0 Å². The van der Waals surface area contributed by atoms with Gasteiger partial charge in [-0.1, -0.05) is 121 Å². The van der Waals surface area contributed by atoms with Crippen LogP contribution in [0.2, 0.25) is 0 Å². The van der Waals surface area contributed by atoms with Crippen molar-refractivity contribution in [3.63, 3.8) is 0 Å². The van der Waals surface area contributed by atoms with Gasteiger partial charge < -0.3 is 0 Å². The second-order valence-corrected chi connectivity index (χ2v) is 11.3. The van der Waals surface area contributed by atoms with E-state index in [0.29, 0.717) is 0 Å². The number of benzene rings is 1. The lowest BCUT2D eigenvalue weighted by Crippen LogP contribution is -2.47. The Morgan fingerprint density at radius 3 is 2.17 bits per heavy atom. The molecule has 3 rings (SSSR count). The second kappa shape index (κ2) is 18.4. The first-order valence-corrected chi connectivity index (χ1v) is 15.3. The molecule has 1 atom stereocenters. The van der Waals surface area contributed by atoms with Crippen LogP contribution in [0.5, 0.6) is 0 Å². The van der Waals surface area contributed by atoms with E-state index in [4.69, 9.17) is 6.42 Å². The third-order valence-electron chi connectivity index (χ3n) is 7.34. The number of hydrogen-bond donors (Lipinski definition) is 0. The molecule has 1 saturated heterocycles. The van der Waals surface area contributed by atoms with Gasteiger partial charge in [-0.15, -0.1) is 17.8 Å². The SMILES string of the molecule is C#CC(=C)C(C)(c1cccs1)N1CCCCC1.CCCC(CC)CCC.CCCc1cccc(C)c1. The molecule has 200 valence electrons. The van der Waals surface area contributed by atoms with Gasteiger partial charge in [-0.3, -0.25) is 4.90 Å². The van der Waals surface area contributed by atoms with Crippen molar-refractivity contribution in [1.82, 2.24) is 4.90 Å². The molecular formula is C34H53NS. The first kappa shape index (κ1) is 32.2. The molecule has 1 aromatic carbocycles. The Morgan fingerprint density at radius 2 is 1.69 bits per heavy atom. The fourth-order valence-electron chi connectivity index (χ4n) is 5.06. The molecule has 0 spiro atoms. The molecule has 1 aliphatic heterocycles. The number of terminal acetylenes is 1. The van der Waals surface area contributed by atoms with E-state index in [-0.39, 0.29) is 5.54 Å². The Balaban J connectivity index is 0.000000293. The monoisotopic (exact) mass is 507 g/mol. The molecule has 2 heteroatoms. The summed E-state index contributed by atoms with van der Waals surface area (Å²) in [7, 11) is 0. The minimum absolute atomic E-state index is 0.177. The van der Waals surface area contributed by atoms with Gasteiger partial charge in [0.05, 0.1) is 5.54 Å². The molecule has 1 aliphatic rings. The molecule has 0 radical (unpaired) electrons. The average Bonchev–Trinajstić information content (AvgIpc) is 3.45. The Kier molecular flexibility index (Phi) is 16.5. The van der Waals surface area contributed by atoms with Gasteiger partial charge in [0.25, 0.3) is 0 Å². The lowest BCUT2D eigenvalue weighted by Gasteiger charge is -2.43. The summed E-state index contributed by atoms with van der Waals surface area (Å²) in [6, 6.07) is 13.0. The molecule has 0 aliphatic carbocycles. The molecule has 1 unspecified atom stereocenters. The maximum absolute atomic E-state index is 5.60. The number of piperidine rings is 1. The number of aryl methyl sites for hydroxylation is 2. The third kappa shape index (κ3) is 10.7. The minimum Gasteiger partial charge on any atom is -0.289 e. The Hall–Kier alpha value is -1.82. The highest BCUT2D eigenvalue weighted by atomic mass is 32.1. The summed E-state index contributed by atoms with van der Waals surface area (Å²) in [6.45, 7) is 19.8. The van der Waals surface area contributed by atoms with Crippen LogP contribution in [-0.2, 0) is 12.0 Å². The van der Waals surface area contributed by atoms with E-state index in [1.165, 1.54) is 80.2 Å². The summed E-state index contributed by atoms with van der Waals surface area (Å²) in [6.07, 6.45) is 18.9. The number of likely N-dealkylation sites (tertiary alicyclic amines) is 1. The van der Waals surface area contributed by atoms with Crippen molar-refractivity contribution in [3.05, 3.63) is 69.9 Å². The van der Waals surface area contributed by atoms with Gasteiger partial charge >= 0.3 is 0 Å². The van der Waals surface area contributed by atoms with Gasteiger partial charge in [-0.05, 0) is 69.1 Å². The molecule has 2 aromatic rings. The number of nitrogens with zero attached hydrogens (tertiary/aromatic N) is 1. The van der Waals surface area contributed by atoms with E-state index in [0.717, 1.165) is 24.6 Å². The summed E-state index contributed by atoms with van der Waals surface area (Å²) < 4.78 is 0. The van der Waals surface area contributed by atoms with E-state index in [1.54, 1.807) is 11.3 Å². The third-order valence-corrected chi connectivity index (χ3v) is 8.42. The summed E-state index contributed by atoms with van der Waals surface area (Å²) in [5.41, 5.74) is 3.53. The Morgan fingerprint density at radius 1 is 1.03 bits per heavy atom. The highest BCUT2D eigenvalue weighted by molar-refractivity contribution is 7.10. The van der Waals surface area contributed by atoms with Crippen LogP contribution in [0, 0.1) is 25.2 Å². The van der Waals surface area contributed by atoms with Crippen LogP contribution >= 0.6 is 11.3 Å². The zero-order valence-corrected chi connectivity index (χ0v) is 25.1. The maximum Gasteiger partial charge on any atom is 0.0853 e. The largest absolute Gasteiger partial charge is 0.289 e. The van der Waals surface area contributed by atoms with Gasteiger partial charge in [0, 0.05) is 10.5 Å². The normalized spacial score (nSPS) is 15.1. The molecular weight excluding hydrogens is 454 g/mol. The maximum atomic E-state index is 5.60. The lowest BCUT2D eigenvalue weighted by atomic mass is 9.87. The van der Waals surface area contributed by atoms with E-state index in [9.17, 15) is 0 Å². The number of hydrogen-bond acceptors (Lipinski definition) is 2. The molecule has 0 bridgehead atoms. The summed E-state index contributed by atoms with van der Waals surface area (Å²) in [5.74, 6) is 3.78. The predicted octanol–water partition coefficient (Wildman–Crippen LogP) is 10.2. The molecule has 0 amide bonds. The molecule has 2 heterocycles. The second-order valence-electron chi connectivity index (χ2n) is 10.3. The topological polar surface area (TPSA) is 3.24 Å². The zero-order chi connectivity index (χ0) is 26.8. The molecule has 0 saturated carbocycles. The molecule has 1 fully saturated rings. The van der Waals surface area contributed by atoms with Crippen LogP contribution < -0.4 is 0 Å². The van der Waals surface area contributed by atoms with Gasteiger partial charge in [0.2, 0.25) is 0 Å². The van der Waals surface area contributed by atoms with Crippen molar-refractivity contribution in [2.75, 3.05) is 13.1 Å². The number of thiophene rings is 1. The fraction of sp³-hybridized carbons (Fsp3) is 0.588. The van der Waals surface area contributed by atoms with Crippen molar-refractivity contribution in [3.8, 4) is 12.3 Å². The number of rotatable bonds is 10. The van der Waals surface area contributed by atoms with E-state index in [1.807, 2.05) is 0 Å². The van der Waals surface area contributed by atoms with Gasteiger partial charge in [-0.2, -0.15) is 0 Å². The summed E-state index contributed by atoms with van der Waals surface area (Å²) >= 11 is 1.77. The zero-order valence-electron chi connectivity index (χ0n) is 24.2. The quantitative estimate of drug-likeness (QED) is 0.289. The van der Waals surface area contributed by atoms with E-state index >= 15 is 0 Å². The van der Waals surface area contributed by atoms with Crippen LogP contribution in [0.1, 0.15) is 108 Å².